The molecule has 2 aliphatic rings. The highest BCUT2D eigenvalue weighted by Gasteiger charge is 2.36. The number of nitrogens with one attached hydrogen (secondary N) is 2. The van der Waals surface area contributed by atoms with Gasteiger partial charge in [-0.3, -0.25) is 0 Å². The van der Waals surface area contributed by atoms with Crippen LogP contribution in [-0.4, -0.2) is 68.5 Å². The molecule has 2 saturated carbocycles. The van der Waals surface area contributed by atoms with Crippen molar-refractivity contribution in [1.29, 1.82) is 0 Å². The van der Waals surface area contributed by atoms with E-state index < -0.39 is 18.5 Å². The molecule has 0 saturated heterocycles. The van der Waals surface area contributed by atoms with Crippen LogP contribution in [0.3, 0.4) is 0 Å². The van der Waals surface area contributed by atoms with Crippen LogP contribution in [0.25, 0.3) is 11.9 Å². The zero-order chi connectivity index (χ0) is 34.6. The van der Waals surface area contributed by atoms with Gasteiger partial charge >= 0.3 is 0 Å². The van der Waals surface area contributed by atoms with Crippen LogP contribution < -0.4 is 10.6 Å². The van der Waals surface area contributed by atoms with E-state index in [0.29, 0.717) is 60.6 Å². The largest absolute Gasteiger partial charge is 0.390 e. The minimum atomic E-state index is -2.56. The van der Waals surface area contributed by atoms with Crippen LogP contribution in [0.15, 0.2) is 24.5 Å². The van der Waals surface area contributed by atoms with Gasteiger partial charge in [0.1, 0.15) is 18.3 Å². The highest BCUT2D eigenvalue weighted by Crippen LogP contribution is 2.35. The molecule has 4 aromatic heterocycles. The van der Waals surface area contributed by atoms with Crippen molar-refractivity contribution in [3.63, 3.8) is 0 Å². The maximum atomic E-state index is 13.3. The van der Waals surface area contributed by atoms with E-state index in [4.69, 9.17) is 0 Å². The van der Waals surface area contributed by atoms with Crippen molar-refractivity contribution in [2.45, 2.75) is 116 Å². The van der Waals surface area contributed by atoms with Gasteiger partial charge in [-0.1, -0.05) is 0 Å². The Morgan fingerprint density at radius 1 is 0.688 bits per heavy atom. The quantitative estimate of drug-likeness (QED) is 0.179. The molecule has 11 nitrogen and oxygen atoms in total. The molecule has 2 fully saturated rings. The van der Waals surface area contributed by atoms with Gasteiger partial charge in [-0.2, -0.15) is 20.2 Å². The van der Waals surface area contributed by atoms with Gasteiger partial charge in [0.15, 0.2) is 0 Å². The molecule has 4 aromatic rings. The minimum Gasteiger partial charge on any atom is -0.390 e. The molecule has 4 heterocycles. The second-order valence-electron chi connectivity index (χ2n) is 12.6. The Kier molecular flexibility index (Phi) is 10.6. The summed E-state index contributed by atoms with van der Waals surface area (Å²) in [7, 11) is 0. The molecule has 3 N–H and O–H groups in total. The monoisotopic (exact) mass is 676 g/mol. The Labute approximate surface area is 275 Å². The van der Waals surface area contributed by atoms with Gasteiger partial charge in [0.2, 0.25) is 11.8 Å². The minimum absolute atomic E-state index is 0.0147. The second kappa shape index (κ2) is 14.5. The van der Waals surface area contributed by atoms with Gasteiger partial charge in [0.25, 0.3) is 11.9 Å². The summed E-state index contributed by atoms with van der Waals surface area (Å²) < 4.78 is 68.8. The van der Waals surface area contributed by atoms with Gasteiger partial charge in [-0.05, 0) is 64.5 Å². The first-order valence-electron chi connectivity index (χ1n) is 16.0. The lowest BCUT2D eigenvalue weighted by Gasteiger charge is -2.29. The average Bonchev–Trinajstić information content (AvgIpc) is 3.60. The molecule has 2 aliphatic carbocycles. The van der Waals surface area contributed by atoms with Crippen molar-refractivity contribution in [1.82, 2.24) is 39.5 Å². The summed E-state index contributed by atoms with van der Waals surface area (Å²) in [6.07, 6.45) is 4.65. The van der Waals surface area contributed by atoms with Crippen LogP contribution in [0.1, 0.15) is 85.3 Å². The van der Waals surface area contributed by atoms with Crippen LogP contribution in [0.2, 0.25) is 0 Å². The van der Waals surface area contributed by atoms with Gasteiger partial charge in [0, 0.05) is 73.7 Å². The van der Waals surface area contributed by atoms with Crippen molar-refractivity contribution < 1.29 is 27.1 Å². The van der Waals surface area contributed by atoms with E-state index in [1.165, 1.54) is 9.36 Å². The first-order valence-corrected chi connectivity index (χ1v) is 16.0. The maximum Gasteiger partial charge on any atom is 0.252 e. The molecule has 0 aromatic carbocycles. The van der Waals surface area contributed by atoms with Gasteiger partial charge < -0.3 is 15.7 Å². The van der Waals surface area contributed by atoms with E-state index >= 15 is 0 Å². The molecule has 0 unspecified atom stereocenters. The molecule has 0 atom stereocenters. The fourth-order valence-corrected chi connectivity index (χ4v) is 5.73. The summed E-state index contributed by atoms with van der Waals surface area (Å²) in [6.45, 7) is 6.49. The number of nitrogens with zero attached hydrogens (tertiary/aromatic N) is 8. The lowest BCUT2D eigenvalue weighted by Crippen LogP contribution is -2.32. The van der Waals surface area contributed by atoms with Crippen LogP contribution in [0.4, 0.5) is 33.6 Å². The van der Waals surface area contributed by atoms with Crippen LogP contribution in [0, 0.1) is 27.7 Å². The van der Waals surface area contributed by atoms with Gasteiger partial charge in [-0.15, -0.1) is 0 Å². The number of halogens is 5. The van der Waals surface area contributed by atoms with E-state index in [9.17, 15) is 27.1 Å². The smallest absolute Gasteiger partial charge is 0.252 e. The molecule has 0 radical (unpaired) electrons. The van der Waals surface area contributed by atoms with Crippen molar-refractivity contribution in [2.75, 3.05) is 10.6 Å². The Hall–Kier alpha value is -4.21. The van der Waals surface area contributed by atoms with E-state index in [1.54, 1.807) is 31.5 Å². The second-order valence-corrected chi connectivity index (χ2v) is 12.6. The number of rotatable bonds is 8. The summed E-state index contributed by atoms with van der Waals surface area (Å²) in [5, 5.41) is 24.1. The van der Waals surface area contributed by atoms with E-state index in [1.807, 2.05) is 20.8 Å². The third-order valence-corrected chi connectivity index (χ3v) is 8.51. The van der Waals surface area contributed by atoms with Crippen molar-refractivity contribution in [2.24, 2.45) is 0 Å². The fourth-order valence-electron chi connectivity index (χ4n) is 5.73. The molecule has 0 bridgehead atoms. The topological polar surface area (TPSA) is 131 Å². The highest BCUT2D eigenvalue weighted by molar-refractivity contribution is 5.41. The fraction of sp³-hybridized carbons (Fsp3) is 0.562. The number of aliphatic hydroxyl groups excluding tert-OH is 1. The van der Waals surface area contributed by atoms with E-state index in [0.717, 1.165) is 22.5 Å². The van der Waals surface area contributed by atoms with Gasteiger partial charge in [0.05, 0.1) is 18.0 Å². The SMILES string of the molecule is Cc1cc(NC2CCC(F)(F)CC2)nc(-n2cc(C)c(CF)n2)n1.Cc1cc(NC2CCC(F)(F)CC2)nc(-n2cc(C)c(CO)n2)n1. The van der Waals surface area contributed by atoms with Gasteiger partial charge in [-0.25, -0.2) is 41.3 Å². The third-order valence-electron chi connectivity index (χ3n) is 8.51. The average molecular weight is 677 g/mol. The lowest BCUT2D eigenvalue weighted by molar-refractivity contribution is -0.0366. The number of aliphatic hydroxyl groups is 1. The molecule has 0 amide bonds. The van der Waals surface area contributed by atoms with Crippen LogP contribution in [0.5, 0.6) is 0 Å². The number of anilines is 2. The normalized spacial score (nSPS) is 17.9. The van der Waals surface area contributed by atoms with Crippen molar-refractivity contribution >= 4 is 11.6 Å². The van der Waals surface area contributed by atoms with E-state index in [2.05, 4.69) is 40.8 Å². The summed E-state index contributed by atoms with van der Waals surface area (Å²) in [5.74, 6) is -3.20. The van der Waals surface area contributed by atoms with Crippen molar-refractivity contribution in [3.8, 4) is 11.9 Å². The molecule has 6 rings (SSSR count). The number of hydrogen-bond acceptors (Lipinski definition) is 9. The maximum absolute atomic E-state index is 13.3. The Bertz CT molecular complexity index is 1560. The Morgan fingerprint density at radius 3 is 1.44 bits per heavy atom. The standard InChI is InChI=1S/C16H20F3N5.C16H21F2N5O/c1-10-9-24(23-13(10)8-17)15-20-11(2)7-14(22-15)21-12-3-5-16(18,19)6-4-12;1-10-8-23(22-13(10)9-24)15-19-11(2)7-14(21-15)20-12-3-5-16(17,18)6-4-12/h7,9,12H,3-6,8H2,1-2H3,(H,20,21,22);7-8,12,24H,3-6,9H2,1-2H3,(H,19,20,21). The number of aryl methyl sites for hydroxylation is 4. The molecular weight excluding hydrogens is 635 g/mol. The Morgan fingerprint density at radius 2 is 1.08 bits per heavy atom. The molecule has 16 heteroatoms. The molecule has 0 aliphatic heterocycles. The van der Waals surface area contributed by atoms with Crippen molar-refractivity contribution in [3.05, 3.63) is 58.4 Å². The summed E-state index contributed by atoms with van der Waals surface area (Å²) in [6, 6.07) is 3.51. The number of hydrogen-bond donors (Lipinski definition) is 3. The summed E-state index contributed by atoms with van der Waals surface area (Å²) >= 11 is 0. The zero-order valence-corrected chi connectivity index (χ0v) is 27.4. The third kappa shape index (κ3) is 9.02. The summed E-state index contributed by atoms with van der Waals surface area (Å²) in [5.41, 5.74) is 3.98. The lowest BCUT2D eigenvalue weighted by atomic mass is 9.92. The molecule has 260 valence electrons. The highest BCUT2D eigenvalue weighted by atomic mass is 19.3. The van der Waals surface area contributed by atoms with Crippen LogP contribution >= 0.6 is 0 Å². The first-order chi connectivity index (χ1) is 22.7. The molecular formula is C32H41F5N10O. The van der Waals surface area contributed by atoms with Crippen LogP contribution in [-0.2, 0) is 13.3 Å². The Balaban J connectivity index is 0.000000188. The number of alkyl halides is 5. The summed E-state index contributed by atoms with van der Waals surface area (Å²) in [4.78, 5) is 17.5. The predicted molar refractivity (Wildman–Crippen MR) is 170 cm³/mol. The molecule has 48 heavy (non-hydrogen) atoms. The van der Waals surface area contributed by atoms with E-state index in [-0.39, 0.29) is 44.4 Å². The molecule has 0 spiro atoms. The zero-order valence-electron chi connectivity index (χ0n) is 27.4. The number of aromatic nitrogens is 8. The first kappa shape index (κ1) is 35.1. The predicted octanol–water partition coefficient (Wildman–Crippen LogP) is 6.50.